The van der Waals surface area contributed by atoms with Gasteiger partial charge in [-0.15, -0.1) is 15.0 Å². The van der Waals surface area contributed by atoms with Crippen molar-refractivity contribution < 1.29 is 30.7 Å². The molecule has 0 bridgehead atoms. The van der Waals surface area contributed by atoms with Crippen LogP contribution in [-0.2, 0) is 5.92 Å². The van der Waals surface area contributed by atoms with Crippen LogP contribution < -0.4 is 0 Å². The largest absolute Gasteiger partial charge is 0.460 e. The summed E-state index contributed by atoms with van der Waals surface area (Å²) < 4.78 is 92.8. The van der Waals surface area contributed by atoms with Gasteiger partial charge in [0.05, 0.1) is 11.4 Å². The predicted molar refractivity (Wildman–Crippen MR) is 93.7 cm³/mol. The number of aryl methyl sites for hydroxylation is 1. The van der Waals surface area contributed by atoms with Gasteiger partial charge in [-0.1, -0.05) is 48.0 Å². The first-order valence-corrected chi connectivity index (χ1v) is 8.40. The molecule has 0 aliphatic carbocycles. The Kier molecular flexibility index (Phi) is 5.40. The van der Waals surface area contributed by atoms with E-state index in [1.54, 1.807) is 30.3 Å². The molecule has 0 atom stereocenters. The highest BCUT2D eigenvalue weighted by molar-refractivity contribution is 5.60. The maximum Gasteiger partial charge on any atom is 0.460 e. The average molecular weight is 430 g/mol. The molecule has 3 aromatic rings. The van der Waals surface area contributed by atoms with E-state index in [9.17, 15) is 30.7 Å². The van der Waals surface area contributed by atoms with E-state index in [1.807, 2.05) is 6.92 Å². The smallest absolute Gasteiger partial charge is 0.192 e. The summed E-state index contributed by atoms with van der Waals surface area (Å²) in [6.07, 6.45) is -6.48. The van der Waals surface area contributed by atoms with Crippen LogP contribution >= 0.6 is 0 Å². The van der Waals surface area contributed by atoms with Crippen LogP contribution in [0, 0.1) is 6.92 Å². The number of alkyl halides is 7. The molecule has 0 amide bonds. The molecule has 0 spiro atoms. The highest BCUT2D eigenvalue weighted by Gasteiger charge is 2.74. The second-order valence-electron chi connectivity index (χ2n) is 6.34. The molecule has 4 nitrogen and oxygen atoms in total. The highest BCUT2D eigenvalue weighted by Crippen LogP contribution is 2.51. The molecule has 2 aromatic carbocycles. The van der Waals surface area contributed by atoms with Crippen LogP contribution in [0.5, 0.6) is 0 Å². The zero-order valence-electron chi connectivity index (χ0n) is 15.2. The highest BCUT2D eigenvalue weighted by atomic mass is 19.4. The third-order valence-corrected chi connectivity index (χ3v) is 4.11. The van der Waals surface area contributed by atoms with Gasteiger partial charge in [0.1, 0.15) is 5.69 Å². The van der Waals surface area contributed by atoms with Crippen molar-refractivity contribution in [1.29, 1.82) is 0 Å². The van der Waals surface area contributed by atoms with Gasteiger partial charge in [-0.25, -0.2) is 0 Å². The first kappa shape index (κ1) is 21.5. The standard InChI is InChI=1S/C19H13F7N4/c1-12-7-9-14(10-8-12)27-29-30-15(13-5-3-2-4-6-13)11-16(28-30)17(20,21)18(22,23)19(24,25)26/h2-11H,1H3. The van der Waals surface area contributed by atoms with Crippen molar-refractivity contribution in [2.24, 2.45) is 10.3 Å². The van der Waals surface area contributed by atoms with E-state index < -0.39 is 23.7 Å². The van der Waals surface area contributed by atoms with Crippen LogP contribution in [0.2, 0.25) is 0 Å². The lowest BCUT2D eigenvalue weighted by Gasteiger charge is -2.26. The van der Waals surface area contributed by atoms with Crippen molar-refractivity contribution in [3.05, 3.63) is 71.9 Å². The summed E-state index contributed by atoms with van der Waals surface area (Å²) in [6, 6.07) is 14.4. The Labute approximate surface area is 165 Å². The number of hydrogen-bond donors (Lipinski definition) is 0. The molecule has 158 valence electrons. The van der Waals surface area contributed by atoms with Gasteiger partial charge >= 0.3 is 18.0 Å². The second-order valence-corrected chi connectivity index (χ2v) is 6.34. The van der Waals surface area contributed by atoms with Crippen LogP contribution in [0.25, 0.3) is 11.3 Å². The predicted octanol–water partition coefficient (Wildman–Crippen LogP) is 6.69. The number of nitrogens with zero attached hydrogens (tertiary/aromatic N) is 4. The summed E-state index contributed by atoms with van der Waals surface area (Å²) in [7, 11) is 0. The van der Waals surface area contributed by atoms with E-state index in [0.717, 1.165) is 5.56 Å². The molecule has 0 aliphatic rings. The number of benzene rings is 2. The van der Waals surface area contributed by atoms with Crippen LogP contribution in [0.15, 0.2) is 71.0 Å². The van der Waals surface area contributed by atoms with Crippen molar-refractivity contribution in [1.82, 2.24) is 9.89 Å². The minimum Gasteiger partial charge on any atom is -0.192 e. The summed E-state index contributed by atoms with van der Waals surface area (Å²) in [4.78, 5) is 0.491. The maximum absolute atomic E-state index is 14.1. The zero-order chi connectivity index (χ0) is 22.2. The molecule has 3 rings (SSSR count). The SMILES string of the molecule is Cc1ccc(N=Nn2nc(C(F)(F)C(F)(F)C(F)(F)F)cc2-c2ccccc2)cc1. The third-order valence-electron chi connectivity index (χ3n) is 4.11. The minimum atomic E-state index is -6.48. The Morgan fingerprint density at radius 1 is 0.833 bits per heavy atom. The number of aromatic nitrogens is 2. The van der Waals surface area contributed by atoms with E-state index in [1.165, 1.54) is 24.3 Å². The van der Waals surface area contributed by atoms with E-state index >= 15 is 0 Å². The van der Waals surface area contributed by atoms with E-state index in [0.29, 0.717) is 16.5 Å². The van der Waals surface area contributed by atoms with Gasteiger partial charge in [0.15, 0.2) is 0 Å². The molecule has 0 N–H and O–H groups in total. The molecule has 0 unspecified atom stereocenters. The topological polar surface area (TPSA) is 42.5 Å². The number of hydrogen-bond acceptors (Lipinski definition) is 3. The van der Waals surface area contributed by atoms with Gasteiger partial charge in [0.25, 0.3) is 0 Å². The quantitative estimate of drug-likeness (QED) is 0.328. The van der Waals surface area contributed by atoms with Crippen molar-refractivity contribution in [3.63, 3.8) is 0 Å². The third kappa shape index (κ3) is 3.91. The van der Waals surface area contributed by atoms with Crippen LogP contribution in [-0.4, -0.2) is 22.0 Å². The minimum absolute atomic E-state index is 0.213. The van der Waals surface area contributed by atoms with Gasteiger partial charge < -0.3 is 0 Å². The van der Waals surface area contributed by atoms with Crippen LogP contribution in [0.3, 0.4) is 0 Å². The van der Waals surface area contributed by atoms with Crippen molar-refractivity contribution in [3.8, 4) is 11.3 Å². The molecule has 1 heterocycles. The lowest BCUT2D eigenvalue weighted by atomic mass is 10.1. The van der Waals surface area contributed by atoms with Gasteiger partial charge in [-0.2, -0.15) is 30.7 Å². The summed E-state index contributed by atoms with van der Waals surface area (Å²) >= 11 is 0. The normalized spacial score (nSPS) is 13.2. The van der Waals surface area contributed by atoms with Crippen molar-refractivity contribution in [2.45, 2.75) is 24.9 Å². The van der Waals surface area contributed by atoms with Gasteiger partial charge in [-0.3, -0.25) is 0 Å². The molecule has 0 saturated carbocycles. The Morgan fingerprint density at radius 2 is 1.43 bits per heavy atom. The molecule has 0 aliphatic heterocycles. The number of halogens is 7. The molecular weight excluding hydrogens is 417 g/mol. The average Bonchev–Trinajstić information content (AvgIpc) is 3.12. The van der Waals surface area contributed by atoms with E-state index in [4.69, 9.17) is 0 Å². The first-order valence-electron chi connectivity index (χ1n) is 8.40. The lowest BCUT2D eigenvalue weighted by Crippen LogP contribution is -2.50. The summed E-state index contributed by atoms with van der Waals surface area (Å²) in [6.45, 7) is 1.82. The molecular formula is C19H13F7N4. The van der Waals surface area contributed by atoms with Crippen molar-refractivity contribution in [2.75, 3.05) is 0 Å². The fourth-order valence-electron chi connectivity index (χ4n) is 2.45. The Balaban J connectivity index is 2.10. The van der Waals surface area contributed by atoms with Crippen LogP contribution in [0.1, 0.15) is 11.3 Å². The summed E-state index contributed by atoms with van der Waals surface area (Å²) in [5.74, 6) is -12.0. The molecule has 1 aromatic heterocycles. The second kappa shape index (κ2) is 7.54. The van der Waals surface area contributed by atoms with Gasteiger partial charge in [-0.05, 0) is 30.3 Å². The fraction of sp³-hybridized carbons (Fsp3) is 0.211. The monoisotopic (exact) mass is 430 g/mol. The molecule has 0 radical (unpaired) electrons. The van der Waals surface area contributed by atoms with E-state index in [-0.39, 0.29) is 11.3 Å². The Hall–Kier alpha value is -3.24. The first-order chi connectivity index (χ1) is 13.9. The zero-order valence-corrected chi connectivity index (χ0v) is 15.2. The Bertz CT molecular complexity index is 1040. The van der Waals surface area contributed by atoms with Crippen LogP contribution in [0.4, 0.5) is 36.4 Å². The lowest BCUT2D eigenvalue weighted by molar-refractivity contribution is -0.360. The fourth-order valence-corrected chi connectivity index (χ4v) is 2.45. The molecule has 0 saturated heterocycles. The van der Waals surface area contributed by atoms with Crippen molar-refractivity contribution >= 4 is 5.69 Å². The molecule has 30 heavy (non-hydrogen) atoms. The maximum atomic E-state index is 14.1. The Morgan fingerprint density at radius 3 is 2.00 bits per heavy atom. The van der Waals surface area contributed by atoms with Gasteiger partial charge in [0, 0.05) is 5.56 Å². The summed E-state index contributed by atoms with van der Waals surface area (Å²) in [5.41, 5.74) is -0.603. The molecule has 11 heteroatoms. The van der Waals surface area contributed by atoms with Gasteiger partial charge in [0.2, 0.25) is 0 Å². The van der Waals surface area contributed by atoms with E-state index in [2.05, 4.69) is 15.4 Å². The molecule has 0 fully saturated rings. The summed E-state index contributed by atoms with van der Waals surface area (Å²) in [5, 5.41) is 10.6. The number of rotatable bonds is 5.